The molecule has 0 saturated carbocycles. The molecule has 0 spiro atoms. The van der Waals surface area contributed by atoms with Crippen molar-refractivity contribution < 1.29 is 34.2 Å². The number of carboxylic acid groups (broad SMARTS) is 1. The van der Waals surface area contributed by atoms with Crippen LogP contribution in [0.3, 0.4) is 0 Å². The van der Waals surface area contributed by atoms with Crippen LogP contribution in [0.25, 0.3) is 0 Å². The van der Waals surface area contributed by atoms with E-state index in [4.69, 9.17) is 9.94 Å². The lowest BCUT2D eigenvalue weighted by molar-refractivity contribution is -0.150. The minimum absolute atomic E-state index is 0.214. The van der Waals surface area contributed by atoms with Crippen molar-refractivity contribution in [1.29, 1.82) is 0 Å². The van der Waals surface area contributed by atoms with Crippen molar-refractivity contribution in [2.75, 3.05) is 12.4 Å². The molecule has 23 heavy (non-hydrogen) atoms. The van der Waals surface area contributed by atoms with Crippen LogP contribution in [0, 0.1) is 0 Å². The number of carbonyl (C=O) groups excluding carboxylic acids is 3. The van der Waals surface area contributed by atoms with E-state index in [1.54, 1.807) is 0 Å². The predicted molar refractivity (Wildman–Crippen MR) is 76.6 cm³/mol. The summed E-state index contributed by atoms with van der Waals surface area (Å²) < 4.78 is 4.80. The van der Waals surface area contributed by atoms with Crippen LogP contribution in [0.5, 0.6) is 0 Å². The molecule has 1 fully saturated rings. The molecule has 0 aliphatic carbocycles. The molecule has 124 valence electrons. The van der Waals surface area contributed by atoms with Gasteiger partial charge in [0.05, 0.1) is 0 Å². The van der Waals surface area contributed by atoms with Crippen LogP contribution in [-0.4, -0.2) is 69.0 Å². The summed E-state index contributed by atoms with van der Waals surface area (Å²) in [6.45, 7) is 0.984. The number of aliphatic carboxylic acids is 1. The smallest absolute Gasteiger partial charge is 0.352 e. The molecule has 0 radical (unpaired) electrons. The van der Waals surface area contributed by atoms with Crippen LogP contribution in [0.4, 0.5) is 0 Å². The molecule has 2 amide bonds. The van der Waals surface area contributed by atoms with Crippen molar-refractivity contribution >= 4 is 41.7 Å². The van der Waals surface area contributed by atoms with Crippen LogP contribution in [0.15, 0.2) is 16.4 Å². The molecule has 0 unspecified atom stereocenters. The zero-order chi connectivity index (χ0) is 17.1. The molecule has 2 rings (SSSR count). The van der Waals surface area contributed by atoms with Crippen LogP contribution < -0.4 is 5.32 Å². The average molecular weight is 343 g/mol. The molecular formula is C12H13N3O7S. The highest BCUT2D eigenvalue weighted by Gasteiger charge is 2.54. The third-order valence-corrected chi connectivity index (χ3v) is 4.51. The first-order valence-corrected chi connectivity index (χ1v) is 7.43. The van der Waals surface area contributed by atoms with E-state index in [0.717, 1.165) is 4.90 Å². The molecule has 2 aliphatic rings. The highest BCUT2D eigenvalue weighted by atomic mass is 32.2. The van der Waals surface area contributed by atoms with Crippen molar-refractivity contribution in [3.05, 3.63) is 11.3 Å². The zero-order valence-electron chi connectivity index (χ0n) is 11.9. The van der Waals surface area contributed by atoms with Gasteiger partial charge in [-0.15, -0.1) is 11.8 Å². The molecule has 2 atom stereocenters. The number of thioether (sulfide) groups is 1. The van der Waals surface area contributed by atoms with Crippen molar-refractivity contribution in [1.82, 2.24) is 10.2 Å². The summed E-state index contributed by atoms with van der Waals surface area (Å²) in [5.41, 5.74) is 0.0744. The maximum atomic E-state index is 12.1. The van der Waals surface area contributed by atoms with Gasteiger partial charge in [-0.1, -0.05) is 5.16 Å². The Kier molecular flexibility index (Phi) is 4.89. The first-order chi connectivity index (χ1) is 10.9. The SMILES string of the molecule is CC(=O)OCC1=C(C(=O)O)N2C(=O)[C@@H](NC(=O)C=NO)[C@H]2SC1. The molecule has 2 aliphatic heterocycles. The summed E-state index contributed by atoms with van der Waals surface area (Å²) in [6.07, 6.45) is 0.601. The lowest BCUT2D eigenvalue weighted by atomic mass is 10.0. The summed E-state index contributed by atoms with van der Waals surface area (Å²) in [6, 6.07) is -0.907. The van der Waals surface area contributed by atoms with Gasteiger partial charge in [0.2, 0.25) is 0 Å². The fourth-order valence-electron chi connectivity index (χ4n) is 2.23. The van der Waals surface area contributed by atoms with Gasteiger partial charge in [-0.3, -0.25) is 19.3 Å². The first-order valence-electron chi connectivity index (χ1n) is 6.38. The number of β-lactam (4-membered cyclic amide) rings is 1. The maximum Gasteiger partial charge on any atom is 0.352 e. The standard InChI is InChI=1S/C12H13N3O7S/c1-5(16)22-3-6-4-23-11-8(14-7(17)2-13-21)10(18)15(11)9(6)12(19)20/h2,8,11,21H,3-4H2,1H3,(H,14,17)(H,19,20)/t8-,11-/m1/s1. The Balaban J connectivity index is 2.18. The van der Waals surface area contributed by atoms with Crippen LogP contribution in [0.1, 0.15) is 6.92 Å². The van der Waals surface area contributed by atoms with Gasteiger partial charge in [-0.25, -0.2) is 4.79 Å². The molecule has 0 bridgehead atoms. The van der Waals surface area contributed by atoms with Crippen LogP contribution in [0.2, 0.25) is 0 Å². The quantitative estimate of drug-likeness (QED) is 0.184. The number of esters is 1. The van der Waals surface area contributed by atoms with Gasteiger partial charge < -0.3 is 20.4 Å². The zero-order valence-corrected chi connectivity index (χ0v) is 12.7. The summed E-state index contributed by atoms with van der Waals surface area (Å²) in [4.78, 5) is 46.8. The number of ether oxygens (including phenoxy) is 1. The van der Waals surface area contributed by atoms with Gasteiger partial charge in [0.1, 0.15) is 29.9 Å². The van der Waals surface area contributed by atoms with E-state index in [-0.39, 0.29) is 18.1 Å². The summed E-state index contributed by atoms with van der Waals surface area (Å²) >= 11 is 1.24. The largest absolute Gasteiger partial charge is 0.477 e. The van der Waals surface area contributed by atoms with Gasteiger partial charge in [-0.2, -0.15) is 0 Å². The lowest BCUT2D eigenvalue weighted by Gasteiger charge is -2.49. The fourth-order valence-corrected chi connectivity index (χ4v) is 3.55. The number of hydrogen-bond acceptors (Lipinski definition) is 8. The van der Waals surface area contributed by atoms with Crippen molar-refractivity contribution in [2.24, 2.45) is 5.16 Å². The van der Waals surface area contributed by atoms with E-state index in [1.165, 1.54) is 18.7 Å². The third kappa shape index (κ3) is 3.28. The second-order valence-corrected chi connectivity index (χ2v) is 5.78. The molecule has 3 N–H and O–H groups in total. The summed E-state index contributed by atoms with van der Waals surface area (Å²) in [5.74, 6) is -2.99. The van der Waals surface area contributed by atoms with Gasteiger partial charge in [0.25, 0.3) is 11.8 Å². The number of amides is 2. The Morgan fingerprint density at radius 1 is 1.52 bits per heavy atom. The number of carboxylic acids is 1. The highest BCUT2D eigenvalue weighted by Crippen LogP contribution is 2.40. The van der Waals surface area contributed by atoms with Crippen molar-refractivity contribution in [3.63, 3.8) is 0 Å². The van der Waals surface area contributed by atoms with E-state index < -0.39 is 35.2 Å². The van der Waals surface area contributed by atoms with Gasteiger partial charge >= 0.3 is 11.9 Å². The second-order valence-electron chi connectivity index (χ2n) is 4.68. The van der Waals surface area contributed by atoms with Crippen LogP contribution in [-0.2, 0) is 23.9 Å². The molecule has 0 aromatic heterocycles. The number of fused-ring (bicyclic) bond motifs is 1. The minimum Gasteiger partial charge on any atom is -0.477 e. The molecule has 0 aromatic rings. The normalized spacial score (nSPS) is 23.3. The molecule has 1 saturated heterocycles. The first kappa shape index (κ1) is 16.8. The molecule has 11 heteroatoms. The van der Waals surface area contributed by atoms with E-state index in [9.17, 15) is 24.3 Å². The molecule has 2 heterocycles. The Morgan fingerprint density at radius 2 is 2.22 bits per heavy atom. The molecule has 0 aromatic carbocycles. The van der Waals surface area contributed by atoms with Gasteiger partial charge in [-0.05, 0) is 0 Å². The number of carbonyl (C=O) groups is 4. The number of nitrogens with zero attached hydrogens (tertiary/aromatic N) is 2. The average Bonchev–Trinajstić information content (AvgIpc) is 2.49. The number of hydrogen-bond donors (Lipinski definition) is 3. The van der Waals surface area contributed by atoms with E-state index in [2.05, 4.69) is 10.5 Å². The molecule has 10 nitrogen and oxygen atoms in total. The van der Waals surface area contributed by atoms with Crippen molar-refractivity contribution in [3.8, 4) is 0 Å². The van der Waals surface area contributed by atoms with E-state index in [1.807, 2.05) is 0 Å². The summed E-state index contributed by atoms with van der Waals surface area (Å²) in [7, 11) is 0. The number of rotatable bonds is 5. The van der Waals surface area contributed by atoms with Gasteiger partial charge in [0, 0.05) is 18.2 Å². The summed E-state index contributed by atoms with van der Waals surface area (Å²) in [5, 5.41) is 21.9. The van der Waals surface area contributed by atoms with Crippen LogP contribution >= 0.6 is 11.8 Å². The fraction of sp³-hybridized carbons (Fsp3) is 0.417. The Bertz CT molecular complexity index is 630. The van der Waals surface area contributed by atoms with Gasteiger partial charge in [0.15, 0.2) is 0 Å². The number of oxime groups is 1. The number of nitrogens with one attached hydrogen (secondary N) is 1. The second kappa shape index (κ2) is 6.69. The predicted octanol–water partition coefficient (Wildman–Crippen LogP) is -1.25. The Labute approximate surface area is 134 Å². The monoisotopic (exact) mass is 343 g/mol. The van der Waals surface area contributed by atoms with E-state index in [0.29, 0.717) is 11.8 Å². The lowest BCUT2D eigenvalue weighted by Crippen LogP contribution is -2.70. The Morgan fingerprint density at radius 3 is 2.78 bits per heavy atom. The van der Waals surface area contributed by atoms with E-state index >= 15 is 0 Å². The van der Waals surface area contributed by atoms with Crippen molar-refractivity contribution in [2.45, 2.75) is 18.3 Å². The highest BCUT2D eigenvalue weighted by molar-refractivity contribution is 8.00. The third-order valence-electron chi connectivity index (χ3n) is 3.17. The maximum absolute atomic E-state index is 12.1. The minimum atomic E-state index is -1.31. The topological polar surface area (TPSA) is 146 Å². The Hall–Kier alpha value is -2.56. The molecular weight excluding hydrogens is 330 g/mol.